The molecule has 0 atom stereocenters. The summed E-state index contributed by atoms with van der Waals surface area (Å²) in [4.78, 5) is 4.96. The molecule has 0 spiro atoms. The van der Waals surface area contributed by atoms with Gasteiger partial charge in [-0.2, -0.15) is 0 Å². The number of hydrogen-bond donors (Lipinski definition) is 1. The Morgan fingerprint density at radius 2 is 1.63 bits per heavy atom. The Hall–Kier alpha value is -3.33. The molecule has 3 heteroatoms. The number of nitrogens with zero attached hydrogens (tertiary/aromatic N) is 1. The van der Waals surface area contributed by atoms with E-state index in [0.29, 0.717) is 0 Å². The largest absolute Gasteiger partial charge is 0.455 e. The van der Waals surface area contributed by atoms with Gasteiger partial charge in [0.15, 0.2) is 5.75 Å². The molecule has 1 aliphatic rings. The van der Waals surface area contributed by atoms with E-state index in [4.69, 9.17) is 9.72 Å². The summed E-state index contributed by atoms with van der Waals surface area (Å²) in [7, 11) is 0. The Morgan fingerprint density at radius 3 is 2.41 bits per heavy atom. The molecule has 3 aromatic carbocycles. The van der Waals surface area contributed by atoms with Crippen molar-refractivity contribution in [2.45, 2.75) is 13.3 Å². The summed E-state index contributed by atoms with van der Waals surface area (Å²) in [5.41, 5.74) is 6.88. The molecule has 0 fully saturated rings. The van der Waals surface area contributed by atoms with E-state index < -0.39 is 0 Å². The second-order valence-corrected chi connectivity index (χ2v) is 6.84. The summed E-state index contributed by atoms with van der Waals surface area (Å²) in [5, 5.41) is 4.74. The lowest BCUT2D eigenvalue weighted by Gasteiger charge is -2.16. The van der Waals surface area contributed by atoms with E-state index in [1.165, 1.54) is 22.4 Å². The lowest BCUT2D eigenvalue weighted by Crippen LogP contribution is -1.98. The number of rotatable bonds is 3. The molecule has 0 amide bonds. The molecular weight excluding hydrogens is 332 g/mol. The maximum Gasteiger partial charge on any atom is 0.153 e. The van der Waals surface area contributed by atoms with Gasteiger partial charge in [-0.05, 0) is 54.3 Å². The van der Waals surface area contributed by atoms with Crippen LogP contribution in [0.2, 0.25) is 0 Å². The zero-order valence-corrected chi connectivity index (χ0v) is 15.2. The Balaban J connectivity index is 1.78. The Kier molecular flexibility index (Phi) is 3.79. The standard InChI is InChI=1S/C24H20N2O/c1-16-19-14-15-25-23(19)22-20(17-8-4-2-5-9-17)12-13-21(24(22)26-16)27-18-10-6-3-7-11-18/h2-13,25H,14-15H2,1H3. The van der Waals surface area contributed by atoms with Gasteiger partial charge in [-0.3, -0.25) is 0 Å². The van der Waals surface area contributed by atoms with Gasteiger partial charge in [-0.25, -0.2) is 4.98 Å². The van der Waals surface area contributed by atoms with E-state index in [9.17, 15) is 0 Å². The Bertz CT molecular complexity index is 1120. The van der Waals surface area contributed by atoms with Crippen LogP contribution in [0, 0.1) is 6.92 Å². The highest BCUT2D eigenvalue weighted by Gasteiger charge is 2.22. The zero-order chi connectivity index (χ0) is 18.2. The van der Waals surface area contributed by atoms with E-state index in [-0.39, 0.29) is 0 Å². The zero-order valence-electron chi connectivity index (χ0n) is 15.2. The van der Waals surface area contributed by atoms with Gasteiger partial charge in [-0.1, -0.05) is 48.5 Å². The smallest absolute Gasteiger partial charge is 0.153 e. The quantitative estimate of drug-likeness (QED) is 0.493. The van der Waals surface area contributed by atoms with Gasteiger partial charge in [0, 0.05) is 23.3 Å². The molecule has 27 heavy (non-hydrogen) atoms. The van der Waals surface area contributed by atoms with Crippen LogP contribution >= 0.6 is 0 Å². The van der Waals surface area contributed by atoms with Crippen molar-refractivity contribution < 1.29 is 4.74 Å². The lowest BCUT2D eigenvalue weighted by atomic mass is 9.96. The van der Waals surface area contributed by atoms with Crippen molar-refractivity contribution in [2.24, 2.45) is 0 Å². The first-order valence-corrected chi connectivity index (χ1v) is 9.29. The number of benzene rings is 3. The SMILES string of the molecule is Cc1nc2c(Oc3ccccc3)ccc(-c3ccccc3)c2c2c1CCN2. The second-order valence-electron chi connectivity index (χ2n) is 6.84. The number of para-hydroxylation sites is 1. The Morgan fingerprint density at radius 1 is 0.889 bits per heavy atom. The van der Waals surface area contributed by atoms with Crippen LogP contribution in [0.1, 0.15) is 11.3 Å². The first kappa shape index (κ1) is 15.9. The highest BCUT2D eigenvalue weighted by Crippen LogP contribution is 2.43. The van der Waals surface area contributed by atoms with Crippen molar-refractivity contribution in [3.8, 4) is 22.6 Å². The first-order chi connectivity index (χ1) is 13.3. The van der Waals surface area contributed by atoms with Crippen molar-refractivity contribution in [3.05, 3.63) is 84.1 Å². The first-order valence-electron chi connectivity index (χ1n) is 9.29. The number of fused-ring (bicyclic) bond motifs is 3. The molecule has 0 saturated heterocycles. The molecule has 1 aliphatic heterocycles. The van der Waals surface area contributed by atoms with Crippen LogP contribution < -0.4 is 10.1 Å². The fourth-order valence-electron chi connectivity index (χ4n) is 3.87. The normalized spacial score (nSPS) is 12.6. The fourth-order valence-corrected chi connectivity index (χ4v) is 3.87. The molecule has 0 saturated carbocycles. The van der Waals surface area contributed by atoms with Crippen molar-refractivity contribution in [3.63, 3.8) is 0 Å². The van der Waals surface area contributed by atoms with Crippen molar-refractivity contribution >= 4 is 16.6 Å². The molecular formula is C24H20N2O. The lowest BCUT2D eigenvalue weighted by molar-refractivity contribution is 0.487. The fraction of sp³-hybridized carbons (Fsp3) is 0.125. The molecule has 0 bridgehead atoms. The Labute approximate surface area is 158 Å². The summed E-state index contributed by atoms with van der Waals surface area (Å²) >= 11 is 0. The molecule has 3 nitrogen and oxygen atoms in total. The number of hydrogen-bond acceptors (Lipinski definition) is 3. The molecule has 0 aliphatic carbocycles. The number of nitrogens with one attached hydrogen (secondary N) is 1. The summed E-state index contributed by atoms with van der Waals surface area (Å²) in [6.07, 6.45) is 1.02. The second kappa shape index (κ2) is 6.44. The maximum absolute atomic E-state index is 6.21. The van der Waals surface area contributed by atoms with Crippen LogP contribution in [0.3, 0.4) is 0 Å². The van der Waals surface area contributed by atoms with Crippen molar-refractivity contribution in [2.75, 3.05) is 11.9 Å². The van der Waals surface area contributed by atoms with E-state index in [0.717, 1.165) is 41.1 Å². The van der Waals surface area contributed by atoms with Gasteiger partial charge in [0.2, 0.25) is 0 Å². The average Bonchev–Trinajstić information content (AvgIpc) is 3.21. The van der Waals surface area contributed by atoms with Crippen LogP contribution in [0.25, 0.3) is 22.0 Å². The van der Waals surface area contributed by atoms with E-state index in [2.05, 4.69) is 42.6 Å². The summed E-state index contributed by atoms with van der Waals surface area (Å²) in [5.74, 6) is 1.61. The molecule has 4 aromatic rings. The van der Waals surface area contributed by atoms with Crippen LogP contribution in [0.15, 0.2) is 72.8 Å². The van der Waals surface area contributed by atoms with Gasteiger partial charge >= 0.3 is 0 Å². The third-order valence-corrected chi connectivity index (χ3v) is 5.14. The molecule has 1 N–H and O–H groups in total. The molecule has 0 unspecified atom stereocenters. The van der Waals surface area contributed by atoms with Gasteiger partial charge in [-0.15, -0.1) is 0 Å². The number of aryl methyl sites for hydroxylation is 1. The van der Waals surface area contributed by atoms with E-state index in [1.807, 2.05) is 42.5 Å². The number of anilines is 1. The van der Waals surface area contributed by atoms with Crippen molar-refractivity contribution in [1.29, 1.82) is 0 Å². The van der Waals surface area contributed by atoms with Gasteiger partial charge in [0.05, 0.1) is 0 Å². The average molecular weight is 352 g/mol. The predicted octanol–water partition coefficient (Wildman–Crippen LogP) is 5.97. The molecule has 2 heterocycles. The maximum atomic E-state index is 6.21. The monoisotopic (exact) mass is 352 g/mol. The minimum atomic E-state index is 0.787. The molecule has 132 valence electrons. The van der Waals surface area contributed by atoms with Crippen LogP contribution in [0.4, 0.5) is 5.69 Å². The predicted molar refractivity (Wildman–Crippen MR) is 111 cm³/mol. The molecule has 0 radical (unpaired) electrons. The van der Waals surface area contributed by atoms with Crippen LogP contribution in [0.5, 0.6) is 11.5 Å². The molecule has 5 rings (SSSR count). The number of ether oxygens (including phenoxy) is 1. The topological polar surface area (TPSA) is 34.1 Å². The molecule has 1 aromatic heterocycles. The third-order valence-electron chi connectivity index (χ3n) is 5.14. The minimum Gasteiger partial charge on any atom is -0.455 e. The number of aromatic nitrogens is 1. The summed E-state index contributed by atoms with van der Waals surface area (Å²) < 4.78 is 6.21. The summed E-state index contributed by atoms with van der Waals surface area (Å²) in [6.45, 7) is 3.04. The van der Waals surface area contributed by atoms with Crippen LogP contribution in [-0.4, -0.2) is 11.5 Å². The van der Waals surface area contributed by atoms with Gasteiger partial charge in [0.1, 0.15) is 11.3 Å². The van der Waals surface area contributed by atoms with E-state index >= 15 is 0 Å². The van der Waals surface area contributed by atoms with Gasteiger partial charge < -0.3 is 10.1 Å². The minimum absolute atomic E-state index is 0.787. The summed E-state index contributed by atoms with van der Waals surface area (Å²) in [6, 6.07) is 24.6. The van der Waals surface area contributed by atoms with Crippen LogP contribution in [-0.2, 0) is 6.42 Å². The van der Waals surface area contributed by atoms with E-state index in [1.54, 1.807) is 0 Å². The van der Waals surface area contributed by atoms with Gasteiger partial charge in [0.25, 0.3) is 0 Å². The highest BCUT2D eigenvalue weighted by molar-refractivity contribution is 6.07. The number of pyridine rings is 1. The highest BCUT2D eigenvalue weighted by atomic mass is 16.5. The third kappa shape index (κ3) is 2.72. The van der Waals surface area contributed by atoms with Crippen molar-refractivity contribution in [1.82, 2.24) is 4.98 Å².